The number of carbonyl (C=O) groups excluding carboxylic acids is 1. The lowest BCUT2D eigenvalue weighted by Gasteiger charge is -2.38. The van der Waals surface area contributed by atoms with Crippen LogP contribution in [0.4, 0.5) is 0 Å². The van der Waals surface area contributed by atoms with E-state index in [0.717, 1.165) is 6.42 Å². The molecule has 0 saturated heterocycles. The van der Waals surface area contributed by atoms with Crippen LogP contribution in [0.2, 0.25) is 0 Å². The molecule has 0 radical (unpaired) electrons. The van der Waals surface area contributed by atoms with E-state index >= 15 is 0 Å². The first-order valence-corrected chi connectivity index (χ1v) is 9.90. The van der Waals surface area contributed by atoms with Gasteiger partial charge in [0.25, 0.3) is 5.91 Å². The van der Waals surface area contributed by atoms with Crippen LogP contribution < -0.4 is 10.0 Å². The highest BCUT2D eigenvalue weighted by molar-refractivity contribution is 7.89. The normalized spacial score (nSPS) is 15.7. The summed E-state index contributed by atoms with van der Waals surface area (Å²) in [7, 11) is -3.87. The van der Waals surface area contributed by atoms with E-state index in [2.05, 4.69) is 10.0 Å². The topological polar surface area (TPSA) is 126 Å². The molecule has 0 bridgehead atoms. The second-order valence-electron chi connectivity index (χ2n) is 6.58. The van der Waals surface area contributed by atoms with E-state index in [0.29, 0.717) is 24.2 Å². The van der Waals surface area contributed by atoms with Crippen LogP contribution in [0.5, 0.6) is 0 Å². The van der Waals surface area contributed by atoms with Crippen LogP contribution in [0.3, 0.4) is 0 Å². The summed E-state index contributed by atoms with van der Waals surface area (Å²) in [6.07, 6.45) is 2.87. The molecule has 0 unspecified atom stereocenters. The number of amides is 1. The molecule has 144 valence electrons. The largest absolute Gasteiger partial charge is 0.480 e. The van der Waals surface area contributed by atoms with Crippen LogP contribution >= 0.6 is 0 Å². The predicted octanol–water partition coefficient (Wildman–Crippen LogP) is 1.80. The number of sulfonamides is 1. The van der Waals surface area contributed by atoms with Crippen molar-refractivity contribution in [2.75, 3.05) is 0 Å². The van der Waals surface area contributed by atoms with Crippen molar-refractivity contribution in [3.63, 3.8) is 0 Å². The number of nitrogens with one attached hydrogen (secondary N) is 2. The standard InChI is InChI=1S/C18H20N2O6S/c1-12-5-6-14(27(24,25)19-11-13-4-2-9-26-13)10-15(12)16(21)20-18(17(22)23)7-3-8-18/h2,4-6,9-10,19H,3,7-8,11H2,1H3,(H,20,21)(H,22,23). The molecule has 0 aliphatic heterocycles. The Morgan fingerprint density at radius 2 is 2.00 bits per heavy atom. The molecular weight excluding hydrogens is 372 g/mol. The summed E-state index contributed by atoms with van der Waals surface area (Å²) in [6.45, 7) is 1.64. The SMILES string of the molecule is Cc1ccc(S(=O)(=O)NCc2ccco2)cc1C(=O)NC1(C(=O)O)CCC1. The molecule has 3 rings (SSSR count). The van der Waals surface area contributed by atoms with Gasteiger partial charge in [0.2, 0.25) is 10.0 Å². The zero-order valence-corrected chi connectivity index (χ0v) is 15.5. The van der Waals surface area contributed by atoms with Gasteiger partial charge in [0.1, 0.15) is 11.3 Å². The molecule has 1 aliphatic carbocycles. The molecule has 1 heterocycles. The van der Waals surface area contributed by atoms with E-state index in [4.69, 9.17) is 4.42 Å². The van der Waals surface area contributed by atoms with Crippen LogP contribution in [0.15, 0.2) is 45.9 Å². The number of hydrogen-bond donors (Lipinski definition) is 3. The fourth-order valence-corrected chi connectivity index (χ4v) is 3.90. The molecule has 1 aromatic heterocycles. The number of aliphatic carboxylic acids is 1. The van der Waals surface area contributed by atoms with E-state index < -0.39 is 27.4 Å². The number of furan rings is 1. The maximum absolute atomic E-state index is 12.6. The minimum Gasteiger partial charge on any atom is -0.480 e. The minimum atomic E-state index is -3.87. The summed E-state index contributed by atoms with van der Waals surface area (Å²) in [5.74, 6) is -1.22. The molecule has 27 heavy (non-hydrogen) atoms. The Bertz CT molecular complexity index is 962. The van der Waals surface area contributed by atoms with Crippen molar-refractivity contribution in [2.45, 2.75) is 43.2 Å². The molecule has 0 spiro atoms. The zero-order valence-electron chi connectivity index (χ0n) is 14.7. The first kappa shape index (κ1) is 19.1. The Labute approximate surface area is 156 Å². The fraction of sp³-hybridized carbons (Fsp3) is 0.333. The lowest BCUT2D eigenvalue weighted by atomic mass is 9.76. The van der Waals surface area contributed by atoms with Crippen molar-refractivity contribution in [3.8, 4) is 0 Å². The summed E-state index contributed by atoms with van der Waals surface area (Å²) in [5.41, 5.74) is -0.587. The summed E-state index contributed by atoms with van der Waals surface area (Å²) >= 11 is 0. The van der Waals surface area contributed by atoms with Crippen molar-refractivity contribution in [1.82, 2.24) is 10.0 Å². The number of aryl methyl sites for hydroxylation is 1. The Balaban J connectivity index is 1.81. The number of rotatable bonds is 7. The number of hydrogen-bond acceptors (Lipinski definition) is 5. The third-order valence-corrected chi connectivity index (χ3v) is 6.15. The van der Waals surface area contributed by atoms with Crippen molar-refractivity contribution >= 4 is 21.9 Å². The lowest BCUT2D eigenvalue weighted by molar-refractivity contribution is -0.148. The summed E-state index contributed by atoms with van der Waals surface area (Å²) < 4.78 is 32.5. The van der Waals surface area contributed by atoms with Crippen molar-refractivity contribution < 1.29 is 27.5 Å². The number of carboxylic acids is 1. The second kappa shape index (κ2) is 7.16. The number of carboxylic acid groups (broad SMARTS) is 1. The van der Waals surface area contributed by atoms with Gasteiger partial charge >= 0.3 is 5.97 Å². The molecular formula is C18H20N2O6S. The summed E-state index contributed by atoms with van der Waals surface area (Å²) in [4.78, 5) is 24.0. The summed E-state index contributed by atoms with van der Waals surface area (Å²) in [6, 6.07) is 7.46. The maximum Gasteiger partial charge on any atom is 0.329 e. The Morgan fingerprint density at radius 1 is 1.26 bits per heavy atom. The van der Waals surface area contributed by atoms with E-state index in [1.54, 1.807) is 19.1 Å². The smallest absolute Gasteiger partial charge is 0.329 e. The van der Waals surface area contributed by atoms with E-state index in [9.17, 15) is 23.1 Å². The molecule has 2 aromatic rings. The Morgan fingerprint density at radius 3 is 2.56 bits per heavy atom. The van der Waals surface area contributed by atoms with Crippen molar-refractivity contribution in [1.29, 1.82) is 0 Å². The minimum absolute atomic E-state index is 0.0210. The highest BCUT2D eigenvalue weighted by Crippen LogP contribution is 2.32. The zero-order chi connectivity index (χ0) is 19.7. The van der Waals surface area contributed by atoms with Gasteiger partial charge in [-0.05, 0) is 56.0 Å². The molecule has 3 N–H and O–H groups in total. The van der Waals surface area contributed by atoms with Crippen LogP contribution in [-0.2, 0) is 21.4 Å². The van der Waals surface area contributed by atoms with Gasteiger partial charge in [-0.3, -0.25) is 4.79 Å². The third-order valence-electron chi connectivity index (χ3n) is 4.75. The fourth-order valence-electron chi connectivity index (χ4n) is 2.88. The van der Waals surface area contributed by atoms with E-state index in [1.807, 2.05) is 0 Å². The van der Waals surface area contributed by atoms with Gasteiger partial charge in [-0.15, -0.1) is 0 Å². The first-order valence-electron chi connectivity index (χ1n) is 8.42. The highest BCUT2D eigenvalue weighted by Gasteiger charge is 2.45. The lowest BCUT2D eigenvalue weighted by Crippen LogP contribution is -2.59. The summed E-state index contributed by atoms with van der Waals surface area (Å²) in [5, 5.41) is 11.9. The second-order valence-corrected chi connectivity index (χ2v) is 8.34. The Hall–Kier alpha value is -2.65. The maximum atomic E-state index is 12.6. The number of benzene rings is 1. The van der Waals surface area contributed by atoms with E-state index in [1.165, 1.54) is 24.5 Å². The van der Waals surface area contributed by atoms with Crippen molar-refractivity contribution in [2.24, 2.45) is 0 Å². The molecule has 1 amide bonds. The first-order chi connectivity index (χ1) is 12.7. The van der Waals surface area contributed by atoms with Gasteiger partial charge in [0, 0.05) is 5.56 Å². The van der Waals surface area contributed by atoms with Gasteiger partial charge < -0.3 is 14.8 Å². The molecule has 9 heteroatoms. The van der Waals surface area contributed by atoms with Gasteiger partial charge in [0.05, 0.1) is 17.7 Å². The quantitative estimate of drug-likeness (QED) is 0.660. The molecule has 1 aromatic carbocycles. The molecule has 0 atom stereocenters. The van der Waals surface area contributed by atoms with Gasteiger partial charge in [-0.1, -0.05) is 6.07 Å². The van der Waals surface area contributed by atoms with Crippen LogP contribution in [0.25, 0.3) is 0 Å². The average Bonchev–Trinajstić information content (AvgIpc) is 3.09. The predicted molar refractivity (Wildman–Crippen MR) is 95.6 cm³/mol. The van der Waals surface area contributed by atoms with Crippen molar-refractivity contribution in [3.05, 3.63) is 53.5 Å². The van der Waals surface area contributed by atoms with Gasteiger partial charge in [-0.2, -0.15) is 0 Å². The monoisotopic (exact) mass is 392 g/mol. The molecule has 1 aliphatic rings. The van der Waals surface area contributed by atoms with Gasteiger partial charge in [-0.25, -0.2) is 17.9 Å². The number of carbonyl (C=O) groups is 2. The third kappa shape index (κ3) is 3.88. The van der Waals surface area contributed by atoms with Crippen LogP contribution in [-0.4, -0.2) is 30.9 Å². The molecule has 1 saturated carbocycles. The van der Waals surface area contributed by atoms with E-state index in [-0.39, 0.29) is 17.0 Å². The van der Waals surface area contributed by atoms with Gasteiger partial charge in [0.15, 0.2) is 0 Å². The molecule has 1 fully saturated rings. The molecule has 8 nitrogen and oxygen atoms in total. The highest BCUT2D eigenvalue weighted by atomic mass is 32.2. The Kier molecular flexibility index (Phi) is 5.07. The van der Waals surface area contributed by atoms with Crippen LogP contribution in [0.1, 0.15) is 40.9 Å². The average molecular weight is 392 g/mol. The van der Waals surface area contributed by atoms with Crippen LogP contribution in [0, 0.1) is 6.92 Å².